The van der Waals surface area contributed by atoms with E-state index in [1.54, 1.807) is 62.6 Å². The van der Waals surface area contributed by atoms with Crippen LogP contribution >= 0.6 is 11.3 Å². The third-order valence-corrected chi connectivity index (χ3v) is 15.9. The van der Waals surface area contributed by atoms with Crippen LogP contribution in [0.3, 0.4) is 0 Å². The lowest BCUT2D eigenvalue weighted by atomic mass is 9.85. The summed E-state index contributed by atoms with van der Waals surface area (Å²) in [5.74, 6) is -0.369. The average Bonchev–Trinajstić information content (AvgIpc) is 4.07. The van der Waals surface area contributed by atoms with E-state index in [0.29, 0.717) is 30.6 Å². The molecule has 79 heavy (non-hydrogen) atoms. The number of nitrogens with zero attached hydrogens (tertiary/aromatic N) is 6. The number of aromatic nitrogens is 3. The maximum Gasteiger partial charge on any atom is 0.246 e. The van der Waals surface area contributed by atoms with Gasteiger partial charge in [0.25, 0.3) is 0 Å². The Kier molecular flexibility index (Phi) is 20.6. The third-order valence-electron chi connectivity index (χ3n) is 13.2. The van der Waals surface area contributed by atoms with Crippen molar-refractivity contribution in [2.24, 2.45) is 5.41 Å². The molecule has 7 N–H and O–H groups in total. The highest BCUT2D eigenvalue weighted by molar-refractivity contribution is 7.89. The number of anilines is 5. The first-order valence-corrected chi connectivity index (χ1v) is 28.9. The van der Waals surface area contributed by atoms with Crippen LogP contribution in [0.4, 0.5) is 28.8 Å². The van der Waals surface area contributed by atoms with Crippen molar-refractivity contribution in [2.45, 2.75) is 103 Å². The SMILES string of the molecule is Cc1cnc(Nc2ccc(N3CCN(CC(=O)NCCOCCOCCC(=O)N[C@H](C(=O)N4C[C@H](O)C[C@H]4C(=O)NCc4ccc(-c5scnc5C)cc4)C(C)(C)C)CC3)cc2)nc1Nc1cccc(S(=O)(=O)NC(C)(C)C)c1. The number of aliphatic hydroxyl groups excluding tert-OH is 1. The number of likely N-dealkylation sites (tertiary alicyclic amines) is 1. The van der Waals surface area contributed by atoms with Crippen molar-refractivity contribution in [3.8, 4) is 10.4 Å². The fourth-order valence-electron chi connectivity index (χ4n) is 9.04. The Morgan fingerprint density at radius 1 is 0.823 bits per heavy atom. The molecule has 0 radical (unpaired) electrons. The van der Waals surface area contributed by atoms with Crippen LogP contribution in [0, 0.1) is 19.3 Å². The topological polar surface area (TPSA) is 262 Å². The molecule has 21 nitrogen and oxygen atoms in total. The zero-order chi connectivity index (χ0) is 56.9. The third kappa shape index (κ3) is 17.7. The minimum absolute atomic E-state index is 0.000827. The van der Waals surface area contributed by atoms with Gasteiger partial charge in [-0.2, -0.15) is 4.98 Å². The van der Waals surface area contributed by atoms with Gasteiger partial charge in [0, 0.05) is 93.0 Å². The van der Waals surface area contributed by atoms with Crippen molar-refractivity contribution in [3.63, 3.8) is 0 Å². The number of β-amino-alcohol motifs (C(OH)–C–C–N with tert-alkyl or cyclic N) is 1. The highest BCUT2D eigenvalue weighted by Gasteiger charge is 2.44. The molecular weight excluding hydrogens is 1050 g/mol. The first-order valence-electron chi connectivity index (χ1n) is 26.6. The lowest BCUT2D eigenvalue weighted by Crippen LogP contribution is -2.57. The predicted octanol–water partition coefficient (Wildman–Crippen LogP) is 5.25. The molecule has 5 aromatic rings. The number of aliphatic hydroxyl groups is 1. The van der Waals surface area contributed by atoms with E-state index in [1.807, 2.05) is 88.7 Å². The summed E-state index contributed by atoms with van der Waals surface area (Å²) in [6, 6.07) is 20.6. The maximum atomic E-state index is 14.0. The van der Waals surface area contributed by atoms with Crippen LogP contribution < -0.4 is 36.2 Å². The largest absolute Gasteiger partial charge is 0.391 e. The number of hydrogen-bond donors (Lipinski definition) is 7. The zero-order valence-electron chi connectivity index (χ0n) is 46.4. The van der Waals surface area contributed by atoms with Gasteiger partial charge in [-0.15, -0.1) is 11.3 Å². The molecule has 2 aliphatic rings. The molecular formula is C56H76N12O9S2. The van der Waals surface area contributed by atoms with E-state index in [4.69, 9.17) is 9.47 Å². The van der Waals surface area contributed by atoms with Crippen LogP contribution in [0.1, 0.15) is 71.2 Å². The van der Waals surface area contributed by atoms with Crippen molar-refractivity contribution in [1.82, 2.24) is 45.4 Å². The van der Waals surface area contributed by atoms with Gasteiger partial charge in [-0.1, -0.05) is 51.1 Å². The molecule has 0 bridgehead atoms. The number of hydrogen-bond acceptors (Lipinski definition) is 17. The molecule has 4 amide bonds. The zero-order valence-corrected chi connectivity index (χ0v) is 48.1. The summed E-state index contributed by atoms with van der Waals surface area (Å²) in [4.78, 5) is 73.7. The van der Waals surface area contributed by atoms with Gasteiger partial charge < -0.3 is 51.0 Å². The van der Waals surface area contributed by atoms with E-state index in [2.05, 4.69) is 56.1 Å². The monoisotopic (exact) mass is 1120 g/mol. The van der Waals surface area contributed by atoms with Gasteiger partial charge in [-0.3, -0.25) is 24.1 Å². The summed E-state index contributed by atoms with van der Waals surface area (Å²) in [6.45, 7) is 19.4. The van der Waals surface area contributed by atoms with Gasteiger partial charge in [-0.05, 0) is 93.6 Å². The van der Waals surface area contributed by atoms with E-state index in [-0.39, 0.29) is 74.9 Å². The standard InChI is InChI=1S/C56H76N12O9S2/c1-37-32-59-54(64-51(37)61-42-10-9-11-45(30-42)79(74,75)65-56(6,7)8)62-41-16-18-43(19-17-41)67-24-22-66(23-25-67)35-48(71)57-21-27-77-29-28-76-26-20-47(70)63-50(55(3,4)5)53(73)68-34-44(69)31-46(68)52(72)58-33-39-12-14-40(15-13-39)49-38(2)60-36-78-49/h9-19,30,32,36,44,46,50,65,69H,20-29,31,33-35H2,1-8H3,(H,57,71)(H,58,72)(H,63,70)(H2,59,61,62,64)/t44-,46+,50-/m1/s1. The lowest BCUT2D eigenvalue weighted by Gasteiger charge is -2.35. The summed E-state index contributed by atoms with van der Waals surface area (Å²) in [6.07, 6.45) is 0.914. The quantitative estimate of drug-likeness (QED) is 0.0389. The molecule has 426 valence electrons. The second-order valence-electron chi connectivity index (χ2n) is 21.9. The Morgan fingerprint density at radius 3 is 2.20 bits per heavy atom. The number of nitrogens with one attached hydrogen (secondary N) is 6. The van der Waals surface area contributed by atoms with Gasteiger partial charge in [0.2, 0.25) is 39.6 Å². The summed E-state index contributed by atoms with van der Waals surface area (Å²) in [5, 5.41) is 25.8. The van der Waals surface area contributed by atoms with Crippen molar-refractivity contribution in [2.75, 3.05) is 87.8 Å². The molecule has 4 heterocycles. The Labute approximate surface area is 467 Å². The molecule has 2 aliphatic heterocycles. The number of thiazole rings is 1. The van der Waals surface area contributed by atoms with Crippen LogP contribution in [0.25, 0.3) is 10.4 Å². The van der Waals surface area contributed by atoms with Gasteiger partial charge in [0.05, 0.1) is 60.1 Å². The van der Waals surface area contributed by atoms with Gasteiger partial charge >= 0.3 is 0 Å². The van der Waals surface area contributed by atoms with Crippen molar-refractivity contribution < 1.29 is 42.2 Å². The van der Waals surface area contributed by atoms with E-state index >= 15 is 0 Å². The minimum atomic E-state index is -3.72. The highest BCUT2D eigenvalue weighted by Crippen LogP contribution is 2.30. The van der Waals surface area contributed by atoms with E-state index < -0.39 is 45.1 Å². The summed E-state index contributed by atoms with van der Waals surface area (Å²) >= 11 is 1.57. The maximum absolute atomic E-state index is 14.0. The minimum Gasteiger partial charge on any atom is -0.391 e. The number of sulfonamides is 1. The molecule has 3 atom stereocenters. The van der Waals surface area contributed by atoms with Crippen molar-refractivity contribution in [3.05, 3.63) is 101 Å². The number of ether oxygens (including phenoxy) is 2. The molecule has 0 aliphatic carbocycles. The van der Waals surface area contributed by atoms with E-state index in [0.717, 1.165) is 64.8 Å². The molecule has 23 heteroatoms. The van der Waals surface area contributed by atoms with Gasteiger partial charge in [0.15, 0.2) is 0 Å². The summed E-state index contributed by atoms with van der Waals surface area (Å²) < 4.78 is 39.8. The fraction of sp³-hybridized carbons (Fsp3) is 0.482. The normalized spacial score (nSPS) is 16.6. The molecule has 2 fully saturated rings. The molecule has 0 saturated carbocycles. The Morgan fingerprint density at radius 2 is 1.53 bits per heavy atom. The summed E-state index contributed by atoms with van der Waals surface area (Å²) in [7, 11) is -3.72. The Hall–Kier alpha value is -6.60. The average molecular weight is 1130 g/mol. The van der Waals surface area contributed by atoms with E-state index in [1.165, 1.54) is 4.90 Å². The number of piperazine rings is 1. The Bertz CT molecular complexity index is 2980. The summed E-state index contributed by atoms with van der Waals surface area (Å²) in [5.41, 5.74) is 6.59. The number of carbonyl (C=O) groups is 4. The molecule has 7 rings (SSSR count). The van der Waals surface area contributed by atoms with Gasteiger partial charge in [-0.25, -0.2) is 23.1 Å². The number of amides is 4. The van der Waals surface area contributed by atoms with Crippen molar-refractivity contribution >= 4 is 73.8 Å². The molecule has 2 saturated heterocycles. The van der Waals surface area contributed by atoms with Crippen LogP contribution in [-0.4, -0.2) is 158 Å². The second kappa shape index (κ2) is 27.0. The fourth-order valence-corrected chi connectivity index (χ4v) is 11.3. The van der Waals surface area contributed by atoms with Crippen LogP contribution in [0.5, 0.6) is 0 Å². The van der Waals surface area contributed by atoms with Crippen LogP contribution in [0.2, 0.25) is 0 Å². The lowest BCUT2D eigenvalue weighted by molar-refractivity contribution is -0.144. The smallest absolute Gasteiger partial charge is 0.246 e. The van der Waals surface area contributed by atoms with Crippen molar-refractivity contribution in [1.29, 1.82) is 0 Å². The van der Waals surface area contributed by atoms with E-state index in [9.17, 15) is 32.7 Å². The first kappa shape index (κ1) is 60.0. The predicted molar refractivity (Wildman–Crippen MR) is 306 cm³/mol. The number of benzene rings is 3. The number of rotatable bonds is 24. The molecule has 3 aromatic carbocycles. The first-order chi connectivity index (χ1) is 37.5. The van der Waals surface area contributed by atoms with Gasteiger partial charge in [0.1, 0.15) is 17.9 Å². The van der Waals surface area contributed by atoms with Crippen LogP contribution in [-0.2, 0) is 45.2 Å². The second-order valence-corrected chi connectivity index (χ2v) is 24.5. The number of carbonyl (C=O) groups excluding carboxylic acids is 4. The van der Waals surface area contributed by atoms with Crippen LogP contribution in [0.15, 0.2) is 89.4 Å². The number of aryl methyl sites for hydroxylation is 2. The molecule has 2 aromatic heterocycles. The molecule has 0 unspecified atom stereocenters. The Balaban J connectivity index is 0.745. The highest BCUT2D eigenvalue weighted by atomic mass is 32.2. The molecule has 0 spiro atoms.